The monoisotopic (exact) mass is 857 g/mol. The Labute approximate surface area is 291 Å². The Morgan fingerprint density at radius 1 is 0.917 bits per heavy atom. The van der Waals surface area contributed by atoms with Crippen molar-refractivity contribution in [2.75, 3.05) is 32.7 Å². The van der Waals surface area contributed by atoms with Crippen molar-refractivity contribution in [3.05, 3.63) is 85.8 Å². The summed E-state index contributed by atoms with van der Waals surface area (Å²) in [5, 5.41) is 33.5. The second-order valence-corrected chi connectivity index (χ2v) is 11.1. The van der Waals surface area contributed by atoms with Crippen molar-refractivity contribution in [2.45, 2.75) is 31.2 Å². The van der Waals surface area contributed by atoms with Crippen LogP contribution in [0.25, 0.3) is 16.9 Å². The van der Waals surface area contributed by atoms with Crippen LogP contribution in [0.15, 0.2) is 59.5 Å². The number of aromatic nitrogens is 2. The van der Waals surface area contributed by atoms with Crippen LogP contribution in [0.4, 0.5) is 0 Å². The van der Waals surface area contributed by atoms with Crippen LogP contribution in [0.3, 0.4) is 0 Å². The number of aryl methyl sites for hydroxylation is 1. The number of nitrogens with two attached hydrogens (primary N) is 1. The Morgan fingerprint density at radius 2 is 1.46 bits per heavy atom. The van der Waals surface area contributed by atoms with Gasteiger partial charge < -0.3 is 20.8 Å². The summed E-state index contributed by atoms with van der Waals surface area (Å²) in [5.74, 6) is -2.42. The standard InChI is InChI=1S/C27H34N6O7S.3CO.Re/c1-19-4-6-20(7-5-19)24-14-21(31-33(24)22-8-10-23(11-9-22)41(28,39)40)15-29-16-25(34)30-12-2-3-13-32(17-26(35)36)18-27(37)38;3*1-2;/h4-11,14,29H,2-3,12-13,15-18H2,1H3,(H,30,34)(H,35,36)(H,37,38)(H2,28,39,40);;;;. The van der Waals surface area contributed by atoms with Gasteiger partial charge in [-0.3, -0.25) is 19.3 Å². The summed E-state index contributed by atoms with van der Waals surface area (Å²) < 4.78 is 47.5. The number of aliphatic carboxylic acids is 2. The van der Waals surface area contributed by atoms with Crippen molar-refractivity contribution in [3.63, 3.8) is 0 Å². The van der Waals surface area contributed by atoms with Crippen LogP contribution >= 0.6 is 0 Å². The second kappa shape index (κ2) is 24.9. The first-order valence-corrected chi connectivity index (χ1v) is 15.0. The Bertz CT molecular complexity index is 1580. The van der Waals surface area contributed by atoms with Crippen LogP contribution in [0, 0.1) is 26.9 Å². The molecule has 257 valence electrons. The number of carbonyl (C=O) groups excluding carboxylic acids is 1. The minimum atomic E-state index is -3.83. The number of carbonyl (C=O) groups is 3. The predicted octanol–water partition coefficient (Wildman–Crippen LogP) is 0.837. The summed E-state index contributed by atoms with van der Waals surface area (Å²) in [4.78, 5) is 35.3. The maximum Gasteiger partial charge on any atom is 0 e. The molecular formula is C30H34N6O10ReS. The van der Waals surface area contributed by atoms with Gasteiger partial charge in [0.25, 0.3) is 0 Å². The van der Waals surface area contributed by atoms with Gasteiger partial charge in [0.1, 0.15) is 0 Å². The van der Waals surface area contributed by atoms with Crippen molar-refractivity contribution < 1.29 is 67.4 Å². The largest absolute Gasteiger partial charge is 0 e. The third kappa shape index (κ3) is 17.1. The molecule has 48 heavy (non-hydrogen) atoms. The number of carboxylic acid groups (broad SMARTS) is 2. The first-order valence-electron chi connectivity index (χ1n) is 13.5. The summed E-state index contributed by atoms with van der Waals surface area (Å²) in [6, 6.07) is 15.9. The maximum atomic E-state index is 12.3. The van der Waals surface area contributed by atoms with Gasteiger partial charge in [-0.05, 0) is 56.6 Å². The van der Waals surface area contributed by atoms with Crippen molar-refractivity contribution in [3.8, 4) is 16.9 Å². The third-order valence-electron chi connectivity index (χ3n) is 6.05. The zero-order chi connectivity index (χ0) is 36.0. The van der Waals surface area contributed by atoms with Gasteiger partial charge in [-0.1, -0.05) is 29.8 Å². The average Bonchev–Trinajstić information content (AvgIpc) is 3.47. The number of rotatable bonds is 16. The smallest absolute Gasteiger partial charge is 0 e. The topological polar surface area (TPSA) is 257 Å². The Morgan fingerprint density at radius 3 is 1.96 bits per heavy atom. The van der Waals surface area contributed by atoms with Gasteiger partial charge in [-0.25, -0.2) is 18.2 Å². The van der Waals surface area contributed by atoms with Crippen LogP contribution in [0.1, 0.15) is 24.1 Å². The zero-order valence-electron chi connectivity index (χ0n) is 25.7. The van der Waals surface area contributed by atoms with Crippen molar-refractivity contribution in [1.82, 2.24) is 25.3 Å². The maximum absolute atomic E-state index is 12.3. The Balaban J connectivity index is 0. The summed E-state index contributed by atoms with van der Waals surface area (Å²) in [6.07, 6.45) is 1.10. The molecule has 1 heterocycles. The summed E-state index contributed by atoms with van der Waals surface area (Å²) in [6.45, 7) is 15.8. The number of unbranched alkanes of at least 4 members (excludes halogenated alkanes) is 1. The minimum Gasteiger partial charge on any atom is 0 e. The molecular weight excluding hydrogens is 823 g/mol. The number of hydrogen-bond donors (Lipinski definition) is 5. The van der Waals surface area contributed by atoms with E-state index in [1.165, 1.54) is 17.0 Å². The molecule has 1 radical (unpaired) electrons. The van der Waals surface area contributed by atoms with E-state index < -0.39 is 22.0 Å². The van der Waals surface area contributed by atoms with Crippen molar-refractivity contribution in [1.29, 1.82) is 0 Å². The van der Waals surface area contributed by atoms with E-state index >= 15 is 0 Å². The summed E-state index contributed by atoms with van der Waals surface area (Å²) in [7, 11) is -3.83. The third-order valence-corrected chi connectivity index (χ3v) is 6.98. The van der Waals surface area contributed by atoms with Gasteiger partial charge in [0, 0.05) is 39.1 Å². The van der Waals surface area contributed by atoms with Gasteiger partial charge in [0.15, 0.2) is 0 Å². The molecule has 0 fully saturated rings. The van der Waals surface area contributed by atoms with Crippen LogP contribution in [-0.2, 0) is 65.3 Å². The van der Waals surface area contributed by atoms with Crippen molar-refractivity contribution >= 4 is 27.9 Å². The average molecular weight is 857 g/mol. The van der Waals surface area contributed by atoms with E-state index in [1.807, 2.05) is 37.3 Å². The molecule has 3 aromatic rings. The van der Waals surface area contributed by atoms with E-state index in [0.717, 1.165) is 16.8 Å². The molecule has 18 heteroatoms. The van der Waals surface area contributed by atoms with Crippen LogP contribution in [0.5, 0.6) is 0 Å². The number of carboxylic acids is 2. The SMILES string of the molecule is Cc1ccc(-c2cc(CNCC(=O)NCCCCN(CC(=O)O)CC(=O)O)nn2-c2ccc(S(N)(=O)=O)cc2)cc1.[C-]#[O+].[C-]#[O+].[C-]#[O+].[Re]. The molecule has 6 N–H and O–H groups in total. The molecule has 0 aliphatic rings. The zero-order valence-corrected chi connectivity index (χ0v) is 29.3. The number of nitrogens with zero attached hydrogens (tertiary/aromatic N) is 3. The molecule has 0 aliphatic carbocycles. The number of primary sulfonamides is 1. The molecule has 16 nitrogen and oxygen atoms in total. The van der Waals surface area contributed by atoms with Gasteiger partial charge in [0.2, 0.25) is 15.9 Å². The molecule has 0 unspecified atom stereocenters. The Hall–Kier alpha value is -4.23. The van der Waals surface area contributed by atoms with Gasteiger partial charge >= 0.3 is 45.8 Å². The van der Waals surface area contributed by atoms with E-state index in [1.54, 1.807) is 16.8 Å². The molecule has 1 aromatic heterocycles. The van der Waals surface area contributed by atoms with Gasteiger partial charge in [0.05, 0.1) is 41.6 Å². The molecule has 0 spiro atoms. The van der Waals surface area contributed by atoms with Crippen LogP contribution in [-0.4, -0.2) is 83.9 Å². The molecule has 0 atom stereocenters. The number of sulfonamides is 1. The fourth-order valence-electron chi connectivity index (χ4n) is 4.07. The van der Waals surface area contributed by atoms with E-state index in [0.29, 0.717) is 43.9 Å². The van der Waals surface area contributed by atoms with E-state index in [-0.39, 0.29) is 50.9 Å². The molecule has 1 amide bonds. The molecule has 0 aliphatic heterocycles. The second-order valence-electron chi connectivity index (χ2n) is 9.50. The van der Waals surface area contributed by atoms with E-state index in [4.69, 9.17) is 29.3 Å². The fraction of sp³-hybridized carbons (Fsp3) is 0.300. The van der Waals surface area contributed by atoms with Gasteiger partial charge in [-0.15, -0.1) is 0 Å². The van der Waals surface area contributed by atoms with Crippen LogP contribution < -0.4 is 15.8 Å². The normalized spacial score (nSPS) is 9.94. The van der Waals surface area contributed by atoms with E-state index in [9.17, 15) is 22.8 Å². The predicted molar refractivity (Wildman–Crippen MR) is 163 cm³/mol. The number of amides is 1. The number of benzene rings is 2. The first kappa shape index (κ1) is 45.9. The minimum absolute atomic E-state index is 0. The molecule has 2 aromatic carbocycles. The molecule has 0 bridgehead atoms. The van der Waals surface area contributed by atoms with E-state index in [2.05, 4.69) is 35.7 Å². The fourth-order valence-corrected chi connectivity index (χ4v) is 4.59. The number of hydrogen-bond acceptors (Lipinski definition) is 8. The molecule has 0 saturated heterocycles. The quantitative estimate of drug-likeness (QED) is 0.0771. The first-order chi connectivity index (χ1) is 22.4. The summed E-state index contributed by atoms with van der Waals surface area (Å²) >= 11 is 0. The molecule has 3 rings (SSSR count). The Kier molecular flexibility index (Phi) is 23.8. The number of nitrogens with one attached hydrogen (secondary N) is 2. The van der Waals surface area contributed by atoms with Crippen LogP contribution in [0.2, 0.25) is 0 Å². The molecule has 0 saturated carbocycles. The van der Waals surface area contributed by atoms with Crippen molar-refractivity contribution in [2.24, 2.45) is 5.14 Å². The van der Waals surface area contributed by atoms with Gasteiger partial charge in [-0.2, -0.15) is 5.10 Å². The summed E-state index contributed by atoms with van der Waals surface area (Å²) in [5.41, 5.74) is 4.11.